The molecule has 2 heterocycles. The molecule has 2 bridgehead atoms. The number of carbonyl (C=O) groups excluding carboxylic acids is 2. The van der Waals surface area contributed by atoms with Crippen LogP contribution < -0.4 is 4.90 Å². The van der Waals surface area contributed by atoms with Gasteiger partial charge in [0.2, 0.25) is 5.91 Å². The molecule has 0 radical (unpaired) electrons. The molecule has 2 fully saturated rings. The van der Waals surface area contributed by atoms with Crippen LogP contribution in [-0.2, 0) is 16.0 Å². The van der Waals surface area contributed by atoms with E-state index in [2.05, 4.69) is 0 Å². The maximum absolute atomic E-state index is 14.2. The first-order valence-corrected chi connectivity index (χ1v) is 13.3. The number of benzene rings is 3. The molecule has 8 heteroatoms. The summed E-state index contributed by atoms with van der Waals surface area (Å²) in [4.78, 5) is 47.6. The molecule has 0 spiro atoms. The second-order valence-corrected chi connectivity index (χ2v) is 10.4. The predicted octanol–water partition coefficient (Wildman–Crippen LogP) is 4.25. The monoisotopic (exact) mass is 526 g/mol. The van der Waals surface area contributed by atoms with Gasteiger partial charge in [-0.05, 0) is 63.2 Å². The molecule has 3 aromatic rings. The Morgan fingerprint density at radius 3 is 1.90 bits per heavy atom. The maximum atomic E-state index is 14.2. The Hall–Kier alpha value is -4.17. The SMILES string of the molecule is CN(C)C(Cc1ccccc1)C(=O)N1C2CCC1C(C(=O)O)N(C(=O)N(c1ccccc1)c1ccccc1)C2. The van der Waals surface area contributed by atoms with Crippen LogP contribution in [0.5, 0.6) is 0 Å². The summed E-state index contributed by atoms with van der Waals surface area (Å²) < 4.78 is 0. The lowest BCUT2D eigenvalue weighted by atomic mass is 9.99. The number of hydrogen-bond donors (Lipinski definition) is 1. The molecule has 0 aromatic heterocycles. The van der Waals surface area contributed by atoms with Gasteiger partial charge in [0.05, 0.1) is 23.5 Å². The summed E-state index contributed by atoms with van der Waals surface area (Å²) >= 11 is 0. The Morgan fingerprint density at radius 1 is 0.846 bits per heavy atom. The fraction of sp³-hybridized carbons (Fsp3) is 0.323. The summed E-state index contributed by atoms with van der Waals surface area (Å²) in [6.07, 6.45) is 1.73. The highest BCUT2D eigenvalue weighted by atomic mass is 16.4. The van der Waals surface area contributed by atoms with Crippen LogP contribution in [0.3, 0.4) is 0 Å². The number of hydrogen-bond acceptors (Lipinski definition) is 4. The van der Waals surface area contributed by atoms with Crippen LogP contribution in [-0.4, -0.2) is 82.5 Å². The second-order valence-electron chi connectivity index (χ2n) is 10.4. The maximum Gasteiger partial charge on any atom is 0.329 e. The second kappa shape index (κ2) is 11.3. The van der Waals surface area contributed by atoms with E-state index in [1.54, 1.807) is 9.80 Å². The molecule has 3 aromatic carbocycles. The van der Waals surface area contributed by atoms with Crippen molar-refractivity contribution in [3.8, 4) is 0 Å². The molecule has 5 rings (SSSR count). The first-order valence-electron chi connectivity index (χ1n) is 13.3. The smallest absolute Gasteiger partial charge is 0.329 e. The zero-order valence-electron chi connectivity index (χ0n) is 22.3. The summed E-state index contributed by atoms with van der Waals surface area (Å²) in [5, 5.41) is 10.4. The lowest BCUT2D eigenvalue weighted by molar-refractivity contribution is -0.153. The zero-order valence-corrected chi connectivity index (χ0v) is 22.3. The third kappa shape index (κ3) is 5.25. The van der Waals surface area contributed by atoms with Gasteiger partial charge in [0.25, 0.3) is 0 Å². The Kier molecular flexibility index (Phi) is 7.65. The third-order valence-corrected chi connectivity index (χ3v) is 7.81. The van der Waals surface area contributed by atoms with Gasteiger partial charge in [-0.2, -0.15) is 0 Å². The number of fused-ring (bicyclic) bond motifs is 2. The van der Waals surface area contributed by atoms with Crippen molar-refractivity contribution in [2.45, 2.75) is 43.4 Å². The molecule has 2 aliphatic rings. The average Bonchev–Trinajstić information content (AvgIpc) is 3.25. The Labute approximate surface area is 229 Å². The molecule has 4 unspecified atom stereocenters. The highest BCUT2D eigenvalue weighted by Gasteiger charge is 2.54. The van der Waals surface area contributed by atoms with Crippen LogP contribution in [0.4, 0.5) is 16.2 Å². The summed E-state index contributed by atoms with van der Waals surface area (Å²) in [5.74, 6) is -1.19. The number of aliphatic carboxylic acids is 1. The number of carbonyl (C=O) groups is 3. The highest BCUT2D eigenvalue weighted by Crippen LogP contribution is 2.38. The number of rotatable bonds is 7. The Balaban J connectivity index is 1.46. The number of likely N-dealkylation sites (tertiary alicyclic amines) is 1. The standard InChI is InChI=1S/C31H34N4O4/c1-32(2)27(20-22-12-6-3-7-13-22)29(36)35-25-18-19-26(35)28(30(37)38)33(21-25)31(39)34(23-14-8-4-9-15-23)24-16-10-5-11-17-24/h3-17,25-28H,18-21H2,1-2H3,(H,37,38). The first kappa shape index (κ1) is 26.4. The van der Waals surface area contributed by atoms with Crippen molar-refractivity contribution in [2.24, 2.45) is 0 Å². The lowest BCUT2D eigenvalue weighted by Gasteiger charge is -2.47. The van der Waals surface area contributed by atoms with Gasteiger partial charge in [0.15, 0.2) is 6.04 Å². The Morgan fingerprint density at radius 2 is 1.38 bits per heavy atom. The number of anilines is 2. The molecule has 39 heavy (non-hydrogen) atoms. The van der Waals surface area contributed by atoms with Gasteiger partial charge in [-0.25, -0.2) is 9.59 Å². The van der Waals surface area contributed by atoms with Crippen LogP contribution in [0, 0.1) is 0 Å². The van der Waals surface area contributed by atoms with Gasteiger partial charge >= 0.3 is 12.0 Å². The van der Waals surface area contributed by atoms with Crippen molar-refractivity contribution >= 4 is 29.3 Å². The molecule has 0 saturated carbocycles. The van der Waals surface area contributed by atoms with E-state index in [-0.39, 0.29) is 18.5 Å². The van der Waals surface area contributed by atoms with Crippen molar-refractivity contribution in [1.82, 2.24) is 14.7 Å². The van der Waals surface area contributed by atoms with Crippen LogP contribution in [0.1, 0.15) is 18.4 Å². The van der Waals surface area contributed by atoms with E-state index in [4.69, 9.17) is 0 Å². The van der Waals surface area contributed by atoms with Crippen LogP contribution in [0.25, 0.3) is 0 Å². The summed E-state index contributed by atoms with van der Waals surface area (Å²) in [6.45, 7) is 0.166. The van der Waals surface area contributed by atoms with E-state index in [9.17, 15) is 19.5 Å². The van der Waals surface area contributed by atoms with Gasteiger partial charge < -0.3 is 14.9 Å². The van der Waals surface area contributed by atoms with E-state index in [1.807, 2.05) is 110 Å². The number of para-hydroxylation sites is 2. The van der Waals surface area contributed by atoms with Crippen molar-refractivity contribution in [3.05, 3.63) is 96.6 Å². The fourth-order valence-electron chi connectivity index (χ4n) is 5.94. The normalized spacial score (nSPS) is 21.1. The van der Waals surface area contributed by atoms with E-state index < -0.39 is 30.1 Å². The molecule has 2 aliphatic heterocycles. The summed E-state index contributed by atoms with van der Waals surface area (Å²) in [6, 6.07) is 25.5. The van der Waals surface area contributed by atoms with Crippen LogP contribution >= 0.6 is 0 Å². The molecule has 2 saturated heterocycles. The van der Waals surface area contributed by atoms with Gasteiger partial charge in [-0.3, -0.25) is 14.6 Å². The molecule has 202 valence electrons. The topological polar surface area (TPSA) is 84.4 Å². The molecule has 3 amide bonds. The minimum atomic E-state index is -1.14. The van der Waals surface area contributed by atoms with Crippen molar-refractivity contribution in [2.75, 3.05) is 25.5 Å². The molecule has 4 atom stereocenters. The lowest BCUT2D eigenvalue weighted by Crippen LogP contribution is -2.68. The minimum Gasteiger partial charge on any atom is -0.480 e. The summed E-state index contributed by atoms with van der Waals surface area (Å²) in [7, 11) is 3.75. The highest BCUT2D eigenvalue weighted by molar-refractivity contribution is 6.01. The fourth-order valence-corrected chi connectivity index (χ4v) is 5.94. The number of amides is 3. The van der Waals surface area contributed by atoms with Gasteiger partial charge in [-0.1, -0.05) is 66.7 Å². The van der Waals surface area contributed by atoms with Crippen molar-refractivity contribution < 1.29 is 19.5 Å². The molecule has 1 N–H and O–H groups in total. The van der Waals surface area contributed by atoms with Crippen molar-refractivity contribution in [1.29, 1.82) is 0 Å². The van der Waals surface area contributed by atoms with E-state index in [0.29, 0.717) is 30.6 Å². The number of urea groups is 1. The molecular weight excluding hydrogens is 492 g/mol. The Bertz CT molecular complexity index is 1260. The number of piperazine rings is 1. The van der Waals surface area contributed by atoms with Crippen LogP contribution in [0.2, 0.25) is 0 Å². The van der Waals surface area contributed by atoms with Gasteiger partial charge in [0, 0.05) is 12.6 Å². The first-order chi connectivity index (χ1) is 18.9. The number of likely N-dealkylation sites (N-methyl/N-ethyl adjacent to an activating group) is 1. The molecule has 8 nitrogen and oxygen atoms in total. The molecular formula is C31H34N4O4. The quantitative estimate of drug-likeness (QED) is 0.498. The third-order valence-electron chi connectivity index (χ3n) is 7.81. The average molecular weight is 527 g/mol. The number of carboxylic acid groups (broad SMARTS) is 1. The van der Waals surface area contributed by atoms with Gasteiger partial charge in [-0.15, -0.1) is 0 Å². The molecule has 0 aliphatic carbocycles. The zero-order chi connectivity index (χ0) is 27.5. The van der Waals surface area contributed by atoms with Crippen molar-refractivity contribution in [3.63, 3.8) is 0 Å². The minimum absolute atomic E-state index is 0.0855. The largest absolute Gasteiger partial charge is 0.480 e. The van der Waals surface area contributed by atoms with E-state index in [1.165, 1.54) is 4.90 Å². The number of nitrogens with zero attached hydrogens (tertiary/aromatic N) is 4. The number of carboxylic acids is 1. The van der Waals surface area contributed by atoms with E-state index in [0.717, 1.165) is 5.56 Å². The van der Waals surface area contributed by atoms with Gasteiger partial charge in [0.1, 0.15) is 0 Å². The van der Waals surface area contributed by atoms with E-state index >= 15 is 0 Å². The van der Waals surface area contributed by atoms with Crippen LogP contribution in [0.15, 0.2) is 91.0 Å². The summed E-state index contributed by atoms with van der Waals surface area (Å²) in [5.41, 5.74) is 2.35. The predicted molar refractivity (Wildman–Crippen MR) is 150 cm³/mol.